The first kappa shape index (κ1) is 13.4. The first-order chi connectivity index (χ1) is 9.58. The first-order valence-electron chi connectivity index (χ1n) is 6.54. The predicted molar refractivity (Wildman–Crippen MR) is 77.3 cm³/mol. The summed E-state index contributed by atoms with van der Waals surface area (Å²) in [6, 6.07) is 12.7. The van der Waals surface area contributed by atoms with Crippen molar-refractivity contribution in [1.82, 2.24) is 0 Å². The fraction of sp³-hybridized carbons (Fsp3) is 0.250. The summed E-state index contributed by atoms with van der Waals surface area (Å²) in [5.74, 6) is -0.372. The molecule has 0 radical (unpaired) electrons. The Morgan fingerprint density at radius 2 is 1.90 bits per heavy atom. The molecule has 0 atom stereocenters. The Labute approximate surface area is 122 Å². The van der Waals surface area contributed by atoms with Crippen LogP contribution < -0.4 is 10.5 Å². The van der Waals surface area contributed by atoms with E-state index in [0.29, 0.717) is 0 Å². The average Bonchev–Trinajstić information content (AvgIpc) is 3.18. The third-order valence-electron chi connectivity index (χ3n) is 3.59. The van der Waals surface area contributed by atoms with E-state index >= 15 is 0 Å². The quantitative estimate of drug-likeness (QED) is 0.924. The lowest BCUT2D eigenvalue weighted by Gasteiger charge is -2.14. The lowest BCUT2D eigenvalue weighted by atomic mass is 10.1. The van der Waals surface area contributed by atoms with Gasteiger partial charge in [0.25, 0.3) is 0 Å². The number of hydrogen-bond donors (Lipinski definition) is 1. The minimum absolute atomic E-state index is 0.0866. The molecule has 1 aliphatic carbocycles. The zero-order valence-electron chi connectivity index (χ0n) is 10.9. The maximum Gasteiger partial charge on any atom is 0.174 e. The highest BCUT2D eigenvalue weighted by molar-refractivity contribution is 6.32. The summed E-state index contributed by atoms with van der Waals surface area (Å²) in [5.41, 5.74) is 7.36. The number of rotatable bonds is 4. The first-order valence-corrected chi connectivity index (χ1v) is 6.91. The van der Waals surface area contributed by atoms with Gasteiger partial charge in [-0.2, -0.15) is 0 Å². The molecule has 1 saturated carbocycles. The number of nitrogens with two attached hydrogens (primary N) is 1. The van der Waals surface area contributed by atoms with Crippen LogP contribution in [0.3, 0.4) is 0 Å². The zero-order valence-corrected chi connectivity index (χ0v) is 11.7. The smallest absolute Gasteiger partial charge is 0.174 e. The molecule has 104 valence electrons. The van der Waals surface area contributed by atoms with Gasteiger partial charge in [0, 0.05) is 5.54 Å². The number of ether oxygens (including phenoxy) is 1. The van der Waals surface area contributed by atoms with Crippen LogP contribution in [0.2, 0.25) is 5.02 Å². The second-order valence-electron chi connectivity index (χ2n) is 5.20. The fourth-order valence-corrected chi connectivity index (χ4v) is 2.40. The van der Waals surface area contributed by atoms with Gasteiger partial charge in [-0.15, -0.1) is 0 Å². The van der Waals surface area contributed by atoms with Gasteiger partial charge in [-0.25, -0.2) is 4.39 Å². The Bertz CT molecular complexity index is 603. The molecule has 2 aromatic carbocycles. The Kier molecular flexibility index (Phi) is 3.40. The maximum absolute atomic E-state index is 14.1. The summed E-state index contributed by atoms with van der Waals surface area (Å²) in [6.07, 6.45) is 1.74. The highest BCUT2D eigenvalue weighted by atomic mass is 35.5. The molecule has 3 rings (SSSR count). The minimum atomic E-state index is -0.458. The van der Waals surface area contributed by atoms with Crippen LogP contribution in [-0.4, -0.2) is 0 Å². The van der Waals surface area contributed by atoms with Gasteiger partial charge in [0.1, 0.15) is 6.61 Å². The molecule has 0 bridgehead atoms. The van der Waals surface area contributed by atoms with Gasteiger partial charge in [-0.3, -0.25) is 0 Å². The summed E-state index contributed by atoms with van der Waals surface area (Å²) < 4.78 is 19.6. The molecule has 0 amide bonds. The van der Waals surface area contributed by atoms with E-state index in [0.717, 1.165) is 24.0 Å². The molecule has 2 aromatic rings. The van der Waals surface area contributed by atoms with Crippen molar-refractivity contribution in [3.63, 3.8) is 0 Å². The zero-order chi connectivity index (χ0) is 14.2. The van der Waals surface area contributed by atoms with E-state index in [-0.39, 0.29) is 17.4 Å². The van der Waals surface area contributed by atoms with Gasteiger partial charge in [0.05, 0.1) is 5.02 Å². The van der Waals surface area contributed by atoms with Crippen molar-refractivity contribution in [3.8, 4) is 5.75 Å². The summed E-state index contributed by atoms with van der Waals surface area (Å²) in [5, 5.41) is 0.271. The molecule has 1 fully saturated rings. The average molecular weight is 292 g/mol. The lowest BCUT2D eigenvalue weighted by Crippen LogP contribution is -2.19. The van der Waals surface area contributed by atoms with Crippen LogP contribution in [0.1, 0.15) is 24.0 Å². The molecule has 0 aliphatic heterocycles. The van der Waals surface area contributed by atoms with E-state index in [9.17, 15) is 4.39 Å². The van der Waals surface area contributed by atoms with Gasteiger partial charge < -0.3 is 10.5 Å². The molecule has 0 heterocycles. The fourth-order valence-electron chi connectivity index (χ4n) is 2.14. The van der Waals surface area contributed by atoms with E-state index in [2.05, 4.69) is 0 Å². The topological polar surface area (TPSA) is 35.2 Å². The van der Waals surface area contributed by atoms with E-state index in [4.69, 9.17) is 22.1 Å². The van der Waals surface area contributed by atoms with E-state index in [1.807, 2.05) is 30.3 Å². The Morgan fingerprint density at radius 3 is 2.50 bits per heavy atom. The summed E-state index contributed by atoms with van der Waals surface area (Å²) in [7, 11) is 0. The van der Waals surface area contributed by atoms with Gasteiger partial charge in [0.15, 0.2) is 11.6 Å². The van der Waals surface area contributed by atoms with E-state index in [1.54, 1.807) is 6.07 Å². The van der Waals surface area contributed by atoms with Crippen molar-refractivity contribution >= 4 is 11.6 Å². The largest absolute Gasteiger partial charge is 0.484 e. The summed E-state index contributed by atoms with van der Waals surface area (Å²) in [4.78, 5) is 0. The highest BCUT2D eigenvalue weighted by Crippen LogP contribution is 2.45. The molecule has 0 unspecified atom stereocenters. The Balaban J connectivity index is 1.80. The van der Waals surface area contributed by atoms with Crippen molar-refractivity contribution < 1.29 is 9.13 Å². The molecule has 2 nitrogen and oxygen atoms in total. The second kappa shape index (κ2) is 5.08. The van der Waals surface area contributed by atoms with Crippen molar-refractivity contribution in [3.05, 3.63) is 64.4 Å². The molecule has 4 heteroatoms. The third kappa shape index (κ3) is 2.65. The van der Waals surface area contributed by atoms with Gasteiger partial charge in [0.2, 0.25) is 0 Å². The number of hydrogen-bond acceptors (Lipinski definition) is 2. The number of benzene rings is 2. The second-order valence-corrected chi connectivity index (χ2v) is 5.61. The molecule has 0 saturated heterocycles. The normalized spacial score (nSPS) is 15.9. The molecular weight excluding hydrogens is 277 g/mol. The van der Waals surface area contributed by atoms with Gasteiger partial charge in [-0.05, 0) is 36.1 Å². The van der Waals surface area contributed by atoms with E-state index < -0.39 is 11.4 Å². The number of halogens is 2. The standard InChI is InChI=1S/C16H15ClFNO/c17-13-8-12(16(19)6-7-16)9-14(18)15(13)20-10-11-4-2-1-3-5-11/h1-5,8-9H,6-7,10,19H2. The van der Waals surface area contributed by atoms with Gasteiger partial charge >= 0.3 is 0 Å². The van der Waals surface area contributed by atoms with Crippen molar-refractivity contribution in [2.24, 2.45) is 5.73 Å². The molecule has 0 aromatic heterocycles. The van der Waals surface area contributed by atoms with Crippen LogP contribution in [0.5, 0.6) is 5.75 Å². The monoisotopic (exact) mass is 291 g/mol. The SMILES string of the molecule is NC1(c2cc(F)c(OCc3ccccc3)c(Cl)c2)CC1. The minimum Gasteiger partial charge on any atom is -0.484 e. The Morgan fingerprint density at radius 1 is 1.20 bits per heavy atom. The van der Waals surface area contributed by atoms with Crippen LogP contribution in [0.15, 0.2) is 42.5 Å². The van der Waals surface area contributed by atoms with Crippen LogP contribution in [-0.2, 0) is 12.1 Å². The molecule has 20 heavy (non-hydrogen) atoms. The Hall–Kier alpha value is -1.58. The van der Waals surface area contributed by atoms with Crippen molar-refractivity contribution in [2.75, 3.05) is 0 Å². The van der Waals surface area contributed by atoms with Crippen molar-refractivity contribution in [2.45, 2.75) is 25.0 Å². The summed E-state index contributed by atoms with van der Waals surface area (Å²) >= 11 is 6.11. The lowest BCUT2D eigenvalue weighted by molar-refractivity contribution is 0.290. The summed E-state index contributed by atoms with van der Waals surface area (Å²) in [6.45, 7) is 0.282. The van der Waals surface area contributed by atoms with Gasteiger partial charge in [-0.1, -0.05) is 41.9 Å². The third-order valence-corrected chi connectivity index (χ3v) is 3.87. The van der Waals surface area contributed by atoms with Crippen molar-refractivity contribution in [1.29, 1.82) is 0 Å². The molecule has 1 aliphatic rings. The van der Waals surface area contributed by atoms with Crippen LogP contribution in [0, 0.1) is 5.82 Å². The van der Waals surface area contributed by atoms with Crippen LogP contribution >= 0.6 is 11.6 Å². The molecule has 2 N–H and O–H groups in total. The van der Waals surface area contributed by atoms with E-state index in [1.165, 1.54) is 6.07 Å². The van der Waals surface area contributed by atoms with Crippen LogP contribution in [0.25, 0.3) is 0 Å². The predicted octanol–water partition coefficient (Wildman–Crippen LogP) is 4.01. The van der Waals surface area contributed by atoms with Crippen LogP contribution in [0.4, 0.5) is 4.39 Å². The molecule has 0 spiro atoms. The maximum atomic E-state index is 14.1. The molecular formula is C16H15ClFNO. The highest BCUT2D eigenvalue weighted by Gasteiger charge is 2.40.